The van der Waals surface area contributed by atoms with Crippen molar-refractivity contribution in [2.24, 2.45) is 15.1 Å². The summed E-state index contributed by atoms with van der Waals surface area (Å²) in [6, 6.07) is 11.9. The molecular weight excluding hydrogens is 318 g/mol. The van der Waals surface area contributed by atoms with Crippen LogP contribution in [0.4, 0.5) is 0 Å². The van der Waals surface area contributed by atoms with Crippen molar-refractivity contribution >= 4 is 18.6 Å². The van der Waals surface area contributed by atoms with Gasteiger partial charge in [-0.1, -0.05) is 30.3 Å². The number of hydrogen-bond acceptors (Lipinski definition) is 4. The number of aromatic nitrogens is 2. The van der Waals surface area contributed by atoms with Gasteiger partial charge in [-0.05, 0) is 6.07 Å². The fraction of sp³-hybridized carbons (Fsp3) is 0.294. The minimum absolute atomic E-state index is 0.458. The number of nitrogens with one attached hydrogen (secondary N) is 1. The van der Waals surface area contributed by atoms with Gasteiger partial charge in [-0.25, -0.2) is 10.1 Å². The number of aliphatic imine (C=N–C) groups is 2. The van der Waals surface area contributed by atoms with E-state index in [0.29, 0.717) is 25.1 Å². The zero-order valence-corrected chi connectivity index (χ0v) is 14.2. The zero-order chi connectivity index (χ0) is 17.5. The number of hydrazone groups is 1. The maximum Gasteiger partial charge on any atom is 0.248 e. The van der Waals surface area contributed by atoms with Crippen molar-refractivity contribution in [3.05, 3.63) is 42.6 Å². The summed E-state index contributed by atoms with van der Waals surface area (Å²) in [5.74, 6) is 1.04. The number of nitrogens with zero attached hydrogens (tertiary/aromatic N) is 6. The number of ether oxygens (including phenoxy) is 1. The second-order valence-electron chi connectivity index (χ2n) is 5.34. The molecule has 1 aromatic heterocycles. The summed E-state index contributed by atoms with van der Waals surface area (Å²) in [4.78, 5) is 10.9. The zero-order valence-electron chi connectivity index (χ0n) is 14.2. The van der Waals surface area contributed by atoms with E-state index in [9.17, 15) is 0 Å². The van der Waals surface area contributed by atoms with Crippen molar-refractivity contribution in [2.75, 3.05) is 33.4 Å². The Labute approximate surface area is 146 Å². The lowest BCUT2D eigenvalue weighted by molar-refractivity contribution is 0.0666. The molecule has 0 aliphatic carbocycles. The van der Waals surface area contributed by atoms with E-state index in [0.717, 1.165) is 24.3 Å². The summed E-state index contributed by atoms with van der Waals surface area (Å²) in [7, 11) is 1.68. The van der Waals surface area contributed by atoms with Gasteiger partial charge in [0.1, 0.15) is 0 Å². The van der Waals surface area contributed by atoms with Crippen LogP contribution in [0.1, 0.15) is 0 Å². The van der Waals surface area contributed by atoms with Gasteiger partial charge in [-0.15, -0.1) is 0 Å². The Hall–Kier alpha value is -3.00. The Morgan fingerprint density at radius 2 is 1.96 bits per heavy atom. The first-order valence-corrected chi connectivity index (χ1v) is 8.03. The molecule has 1 aliphatic rings. The average Bonchev–Trinajstić information content (AvgIpc) is 3.16. The molecule has 0 spiro atoms. The van der Waals surface area contributed by atoms with Crippen molar-refractivity contribution in [2.45, 2.75) is 0 Å². The summed E-state index contributed by atoms with van der Waals surface area (Å²) >= 11 is 0. The number of morpholine rings is 1. The first-order valence-electron chi connectivity index (χ1n) is 8.03. The molecule has 3 rings (SSSR count). The molecule has 0 bridgehead atoms. The van der Waals surface area contributed by atoms with E-state index in [1.54, 1.807) is 11.7 Å². The lowest BCUT2D eigenvalue weighted by Gasteiger charge is -2.28. The van der Waals surface area contributed by atoms with Crippen molar-refractivity contribution in [1.82, 2.24) is 20.1 Å². The van der Waals surface area contributed by atoms with Crippen molar-refractivity contribution in [1.29, 1.82) is 0 Å². The number of benzene rings is 1. The molecule has 1 N–H and O–H groups in total. The van der Waals surface area contributed by atoms with E-state index in [1.807, 2.05) is 47.5 Å². The molecule has 0 unspecified atom stereocenters. The van der Waals surface area contributed by atoms with Gasteiger partial charge < -0.3 is 9.64 Å². The number of guanidine groups is 1. The van der Waals surface area contributed by atoms with Crippen LogP contribution in [-0.2, 0) is 4.74 Å². The van der Waals surface area contributed by atoms with Crippen LogP contribution in [0, 0.1) is 0 Å². The summed E-state index contributed by atoms with van der Waals surface area (Å²) in [6.07, 6.45) is 1.84. The largest absolute Gasteiger partial charge is 0.378 e. The number of hydrogen-bond donors (Lipinski definition) is 1. The van der Waals surface area contributed by atoms with Gasteiger partial charge >= 0.3 is 0 Å². The molecule has 1 aromatic carbocycles. The second-order valence-corrected chi connectivity index (χ2v) is 5.34. The van der Waals surface area contributed by atoms with Crippen molar-refractivity contribution in [3.8, 4) is 11.3 Å². The molecule has 2 heterocycles. The third kappa shape index (κ3) is 4.10. The second kappa shape index (κ2) is 8.20. The van der Waals surface area contributed by atoms with Gasteiger partial charge in [0.2, 0.25) is 11.9 Å². The fourth-order valence-corrected chi connectivity index (χ4v) is 2.51. The quantitative estimate of drug-likeness (QED) is 0.508. The summed E-state index contributed by atoms with van der Waals surface area (Å²) in [5, 5.41) is 8.32. The van der Waals surface area contributed by atoms with Crippen molar-refractivity contribution in [3.63, 3.8) is 0 Å². The van der Waals surface area contributed by atoms with E-state index >= 15 is 0 Å². The normalized spacial score (nSPS) is 16.0. The fourth-order valence-electron chi connectivity index (χ4n) is 2.51. The molecular formula is C17H21N7O. The summed E-state index contributed by atoms with van der Waals surface area (Å²) < 4.78 is 7.02. The molecule has 0 atom stereocenters. The smallest absolute Gasteiger partial charge is 0.248 e. The standard InChI is InChI=1S/C17H21N7O/c1-18-16(20-17(21-19-2)23-10-12-25-13-11-23)24-9-8-15(22-24)14-6-4-3-5-7-14/h3-9H,2,10-13H2,1H3,(H,18,20,21). The minimum atomic E-state index is 0.458. The lowest BCUT2D eigenvalue weighted by atomic mass is 10.2. The van der Waals surface area contributed by atoms with E-state index < -0.39 is 0 Å². The molecule has 2 aromatic rings. The van der Waals surface area contributed by atoms with Crippen LogP contribution in [0.25, 0.3) is 11.3 Å². The Bertz CT molecular complexity index is 760. The highest BCUT2D eigenvalue weighted by Crippen LogP contribution is 2.15. The van der Waals surface area contributed by atoms with E-state index in [4.69, 9.17) is 4.74 Å². The van der Waals surface area contributed by atoms with Crippen LogP contribution in [0.3, 0.4) is 0 Å². The molecule has 1 fully saturated rings. The highest BCUT2D eigenvalue weighted by Gasteiger charge is 2.16. The van der Waals surface area contributed by atoms with E-state index in [-0.39, 0.29) is 0 Å². The van der Waals surface area contributed by atoms with Gasteiger partial charge in [0, 0.05) is 38.6 Å². The molecule has 8 nitrogen and oxygen atoms in total. The van der Waals surface area contributed by atoms with Crippen LogP contribution >= 0.6 is 0 Å². The van der Waals surface area contributed by atoms with Gasteiger partial charge in [-0.3, -0.25) is 4.99 Å². The Morgan fingerprint density at radius 3 is 2.64 bits per heavy atom. The first-order chi connectivity index (χ1) is 12.3. The molecule has 130 valence electrons. The minimum Gasteiger partial charge on any atom is -0.378 e. The highest BCUT2D eigenvalue weighted by molar-refractivity contribution is 5.95. The molecule has 25 heavy (non-hydrogen) atoms. The lowest BCUT2D eigenvalue weighted by Crippen LogP contribution is -2.46. The molecule has 0 amide bonds. The maximum absolute atomic E-state index is 5.38. The Kier molecular flexibility index (Phi) is 5.53. The van der Waals surface area contributed by atoms with Gasteiger partial charge in [0.25, 0.3) is 0 Å². The summed E-state index contributed by atoms with van der Waals surface area (Å²) in [6.45, 7) is 6.24. The predicted octanol–water partition coefficient (Wildman–Crippen LogP) is 1.28. The molecule has 8 heteroatoms. The third-order valence-corrected chi connectivity index (χ3v) is 3.76. The van der Waals surface area contributed by atoms with Crippen LogP contribution in [-0.4, -0.2) is 66.7 Å². The highest BCUT2D eigenvalue weighted by atomic mass is 16.5. The molecule has 1 aliphatic heterocycles. The maximum atomic E-state index is 5.38. The van der Waals surface area contributed by atoms with Gasteiger partial charge in [0.05, 0.1) is 18.9 Å². The van der Waals surface area contributed by atoms with Crippen LogP contribution in [0.15, 0.2) is 57.7 Å². The molecule has 1 saturated heterocycles. The topological polar surface area (TPSA) is 79.4 Å². The van der Waals surface area contributed by atoms with Crippen molar-refractivity contribution < 1.29 is 4.74 Å². The third-order valence-electron chi connectivity index (χ3n) is 3.76. The van der Waals surface area contributed by atoms with E-state index in [2.05, 4.69) is 32.3 Å². The number of rotatable bonds is 2. The van der Waals surface area contributed by atoms with E-state index in [1.165, 1.54) is 0 Å². The van der Waals surface area contributed by atoms with Gasteiger partial charge in [0.15, 0.2) is 0 Å². The van der Waals surface area contributed by atoms with Crippen LogP contribution in [0.5, 0.6) is 0 Å². The van der Waals surface area contributed by atoms with Crippen LogP contribution < -0.4 is 5.43 Å². The molecule has 0 radical (unpaired) electrons. The first kappa shape index (κ1) is 16.8. The molecule has 0 saturated carbocycles. The monoisotopic (exact) mass is 339 g/mol. The Morgan fingerprint density at radius 1 is 1.20 bits per heavy atom. The van der Waals surface area contributed by atoms with Gasteiger partial charge in [-0.2, -0.15) is 15.2 Å². The Balaban J connectivity index is 1.86. The van der Waals surface area contributed by atoms with Crippen LogP contribution in [0.2, 0.25) is 0 Å². The predicted molar refractivity (Wildman–Crippen MR) is 98.9 cm³/mol. The summed E-state index contributed by atoms with van der Waals surface area (Å²) in [5.41, 5.74) is 4.74. The average molecular weight is 339 g/mol. The SMILES string of the molecule is C=NNC(=NC(=NC)n1ccc(-c2ccccc2)n1)N1CCOCC1.